The summed E-state index contributed by atoms with van der Waals surface area (Å²) in [5.41, 5.74) is 0. The van der Waals surface area contributed by atoms with Crippen molar-refractivity contribution in [2.24, 2.45) is 0 Å². The molecule has 0 fully saturated rings. The maximum atomic E-state index is 8.55. The van der Waals surface area contributed by atoms with Crippen LogP contribution in [0.3, 0.4) is 0 Å². The second-order valence-corrected chi connectivity index (χ2v) is 14.8. The van der Waals surface area contributed by atoms with E-state index in [4.69, 9.17) is 212 Å². The van der Waals surface area contributed by atoms with Crippen molar-refractivity contribution in [2.75, 3.05) is 0 Å². The van der Waals surface area contributed by atoms with E-state index in [0.717, 1.165) is 0 Å². The summed E-state index contributed by atoms with van der Waals surface area (Å²) in [6, 6.07) is 0. The molecule has 0 unspecified atom stereocenters. The zero-order valence-corrected chi connectivity index (χ0v) is 80.3. The minimum Gasteiger partial charge on any atom is -0.870 e. The van der Waals surface area contributed by atoms with Crippen LogP contribution >= 0.6 is 86.0 Å². The van der Waals surface area contributed by atoms with Crippen LogP contribution < -0.4 is 280 Å². The fraction of sp³-hybridized carbons (Fsp3) is 0. The molecule has 0 saturated carbocycles. The van der Waals surface area contributed by atoms with Crippen molar-refractivity contribution >= 4 is 306 Å². The molecule has 0 spiro atoms. The quantitative estimate of drug-likeness (QED) is 0.160. The molecule has 55 nitrogen and oxygen atoms in total. The van der Waals surface area contributed by atoms with E-state index in [1.807, 2.05) is 0 Å². The Bertz CT molecular complexity index is 1050. The molecule has 480 valence electrons. The average Bonchev–Trinajstić information content (AvgIpc) is 2.41. The van der Waals surface area contributed by atoms with Crippen molar-refractivity contribution in [3.05, 3.63) is 0 Å². The first-order valence-corrected chi connectivity index (χ1v) is 24.1. The summed E-state index contributed by atoms with van der Waals surface area (Å²) >= 11 is 0. The zero-order valence-electron chi connectivity index (χ0n) is 39.9. The third-order valence-electron chi connectivity index (χ3n) is 0. The molecule has 0 aromatic heterocycles. The molecule has 0 aromatic carbocycles. The van der Waals surface area contributed by atoms with Gasteiger partial charge in [-0.05, 0) is 0 Å². The maximum Gasteiger partial charge on any atom is 3.00 e. The molecule has 0 aromatic rings. The van der Waals surface area contributed by atoms with E-state index in [2.05, 4.69) is 0 Å². The molecule has 0 aliphatic rings. The summed E-state index contributed by atoms with van der Waals surface area (Å²) < 4.78 is 94.0. The van der Waals surface area contributed by atoms with E-state index in [9.17, 15) is 0 Å². The monoisotopic (exact) mass is 2030 g/mol. The van der Waals surface area contributed by atoms with E-state index < -0.39 is 86.0 Å². The first kappa shape index (κ1) is 289. The van der Waals surface area contributed by atoms with Crippen molar-refractivity contribution in [1.29, 1.82) is 0 Å². The molecule has 0 atom stereocenters. The predicted molar refractivity (Wildman–Crippen MR) is 151 cm³/mol. The smallest absolute Gasteiger partial charge is 0.870 e. The van der Waals surface area contributed by atoms with Gasteiger partial charge >= 0.3 is 475 Å². The molecule has 86 heteroatoms. The van der Waals surface area contributed by atoms with Gasteiger partial charge < -0.3 is 272 Å². The SMILES string of the molecule is O=P([O-])([O-])[O-].O=P([O-])([O-])[O-].O=P([O-])([O-])[O-].O=P([O-])([O-])[O-].O=P([O-])([O-])[O-].O=P([O-])([O-])[O-].O=P([O-])([O-])[O-].O=P([O-])([O-])[O-].O=P([O-])([O-])[O-].O=P([O-])([O-])[O-].O=P([O-])([O-])[O-].[Al+3].[Al+3].[Al+3].[Al+3].[Ca+2].[Ca+2].[Ca+2].[Ca+2].[Fe+3].[Fe+3].[Fe+3].[Fe+3].[Mn+2].[Mn+2].[Mn+2].[Mn+2].[Na+].[Na+].[Na+].[Na+].[OH-].[OH-].[OH-].[OH-].[OH-].[OH-].[OH-].[OH-].[OH-].[OH-].[OH-]. The Morgan fingerprint density at radius 1 is 0.140 bits per heavy atom. The van der Waals surface area contributed by atoms with Crippen LogP contribution in [0.4, 0.5) is 0 Å². The molecular formula is H11Al4Ca4Fe4Mn4Na4O55P11. The van der Waals surface area contributed by atoms with Gasteiger partial charge in [0.15, 0.2) is 0 Å². The van der Waals surface area contributed by atoms with E-state index in [0.29, 0.717) is 0 Å². The van der Waals surface area contributed by atoms with Gasteiger partial charge in [-0.2, -0.15) is 86.0 Å². The molecule has 0 heterocycles. The second-order valence-electron chi connectivity index (χ2n) is 4.92. The number of rotatable bonds is 0. The number of phosphoric acid groups is 11. The first-order valence-electron chi connectivity index (χ1n) is 8.03. The maximum absolute atomic E-state index is 8.55. The summed E-state index contributed by atoms with van der Waals surface area (Å²) in [5.74, 6) is 0. The van der Waals surface area contributed by atoms with Crippen LogP contribution in [0.15, 0.2) is 0 Å². The number of hydrogen-bond donors (Lipinski definition) is 0. The Hall–Kier alpha value is 16.1. The third kappa shape index (κ3) is 3790. The van der Waals surface area contributed by atoms with Gasteiger partial charge in [0.05, 0.1) is 0 Å². The van der Waals surface area contributed by atoms with Crippen molar-refractivity contribution in [2.45, 2.75) is 0 Å². The molecule has 0 aliphatic heterocycles. The minimum atomic E-state index is -5.39. The van der Waals surface area contributed by atoms with Gasteiger partial charge in [0.2, 0.25) is 0 Å². The van der Waals surface area contributed by atoms with E-state index >= 15 is 0 Å². The van der Waals surface area contributed by atoms with Gasteiger partial charge in [-0.15, -0.1) is 0 Å². The average molecular weight is 2040 g/mol. The van der Waals surface area contributed by atoms with Crippen LogP contribution in [0.2, 0.25) is 0 Å². The Morgan fingerprint density at radius 3 is 0.140 bits per heavy atom. The second kappa shape index (κ2) is 150. The molecule has 0 saturated heterocycles. The third-order valence-corrected chi connectivity index (χ3v) is 0. The summed E-state index contributed by atoms with van der Waals surface area (Å²) in [6.45, 7) is 0. The topological polar surface area (TPSA) is 1280 Å². The summed E-state index contributed by atoms with van der Waals surface area (Å²) in [6.07, 6.45) is 0. The number of hydrogen-bond acceptors (Lipinski definition) is 55. The van der Waals surface area contributed by atoms with Crippen molar-refractivity contribution in [3.8, 4) is 0 Å². The van der Waals surface area contributed by atoms with Crippen molar-refractivity contribution < 1.29 is 527 Å². The fourth-order valence-electron chi connectivity index (χ4n) is 0. The fourth-order valence-corrected chi connectivity index (χ4v) is 0. The van der Waals surface area contributed by atoms with Crippen LogP contribution in [0.25, 0.3) is 0 Å². The Kier molecular flexibility index (Phi) is 505. The van der Waals surface area contributed by atoms with Crippen LogP contribution in [0.5, 0.6) is 0 Å². The Balaban J connectivity index is -0.00000000598. The Morgan fingerprint density at radius 2 is 0.140 bits per heavy atom. The van der Waals surface area contributed by atoms with Crippen molar-refractivity contribution in [1.82, 2.24) is 0 Å². The van der Waals surface area contributed by atoms with Gasteiger partial charge in [-0.3, -0.25) is 0 Å². The van der Waals surface area contributed by atoms with E-state index in [-0.39, 0.29) is 535 Å². The van der Waals surface area contributed by atoms with Crippen molar-refractivity contribution in [3.63, 3.8) is 0 Å². The van der Waals surface area contributed by atoms with Gasteiger partial charge in [0.1, 0.15) is 0 Å². The summed E-state index contributed by atoms with van der Waals surface area (Å²) in [4.78, 5) is 282. The normalized spacial score (nSPS) is 7.55. The van der Waals surface area contributed by atoms with Crippen LogP contribution in [-0.2, 0) is 187 Å². The van der Waals surface area contributed by atoms with E-state index in [1.54, 1.807) is 0 Å². The predicted octanol–water partition coefficient (Wildman–Crippen LogP) is -48.1. The standard InChI is InChI=1S/4Al.4Ca.4Fe.4Mn.4Na.11H3O4P.11H2O/c;;;;;;;;;;;;;;;;;;;;11*1-5(2,3)4;;;;;;;;;;;/h;;;;;;;;;;;;;;;;;;;;11*(H3,1,2,3,4);11*1H2/q4*+3;4*+2;4*+3;4*+2;4*+1;;;;;;;;;;;;;;;;;;;;;;/p-44. The molecular weight excluding hydrogens is 2020 g/mol. The minimum absolute atomic E-state index is 0. The molecule has 11 N–H and O–H groups in total. The first-order chi connectivity index (χ1) is 22.0. The molecule has 0 bridgehead atoms. The largest absolute Gasteiger partial charge is 3.00 e. The molecule has 0 amide bonds. The van der Waals surface area contributed by atoms with Gasteiger partial charge in [-0.1, -0.05) is 0 Å². The molecule has 0 rings (SSSR count). The van der Waals surface area contributed by atoms with Crippen LogP contribution in [0.1, 0.15) is 0 Å². The summed E-state index contributed by atoms with van der Waals surface area (Å²) in [5, 5.41) is 0. The zero-order chi connectivity index (χ0) is 49.5. The molecule has 86 heavy (non-hydrogen) atoms. The van der Waals surface area contributed by atoms with Crippen LogP contribution in [0, 0.1) is 0 Å². The Labute approximate surface area is 816 Å². The van der Waals surface area contributed by atoms with Gasteiger partial charge in [0, 0.05) is 0 Å². The van der Waals surface area contributed by atoms with Crippen LogP contribution in [-0.4, -0.2) is 281 Å². The molecule has 0 aliphatic carbocycles. The van der Waals surface area contributed by atoms with E-state index in [1.165, 1.54) is 0 Å². The molecule has 8 radical (unpaired) electrons. The van der Waals surface area contributed by atoms with Gasteiger partial charge in [0.25, 0.3) is 0 Å². The van der Waals surface area contributed by atoms with Gasteiger partial charge in [-0.25, -0.2) is 0 Å². The summed E-state index contributed by atoms with van der Waals surface area (Å²) in [7, 11) is -59.3.